The summed E-state index contributed by atoms with van der Waals surface area (Å²) in [6, 6.07) is 3.65. The highest BCUT2D eigenvalue weighted by atomic mass is 14.7. The number of pyridine rings is 2. The lowest BCUT2D eigenvalue weighted by molar-refractivity contribution is 0.711. The third-order valence-corrected chi connectivity index (χ3v) is 2.86. The number of nitrogens with zero attached hydrogens (tertiary/aromatic N) is 2. The summed E-state index contributed by atoms with van der Waals surface area (Å²) in [5.74, 6) is 0. The first kappa shape index (κ1) is 11.5. The van der Waals surface area contributed by atoms with Crippen molar-refractivity contribution < 1.29 is 0 Å². The van der Waals surface area contributed by atoms with E-state index in [0.717, 1.165) is 22.4 Å². The van der Waals surface area contributed by atoms with Crippen molar-refractivity contribution in [3.8, 4) is 0 Å². The van der Waals surface area contributed by atoms with E-state index in [0.29, 0.717) is 6.42 Å². The van der Waals surface area contributed by atoms with Gasteiger partial charge >= 0.3 is 0 Å². The van der Waals surface area contributed by atoms with Crippen LogP contribution in [-0.4, -0.2) is 9.97 Å². The average Bonchev–Trinajstić information content (AvgIpc) is 2.32. The molecule has 88 valence electrons. The van der Waals surface area contributed by atoms with Gasteiger partial charge in [-0.25, -0.2) is 0 Å². The van der Waals surface area contributed by atoms with Crippen LogP contribution in [0.15, 0.2) is 36.9 Å². The zero-order valence-corrected chi connectivity index (χ0v) is 9.80. The molecule has 2 aromatic rings. The number of anilines is 1. The van der Waals surface area contributed by atoms with Gasteiger partial charge in [0.25, 0.3) is 0 Å². The van der Waals surface area contributed by atoms with Crippen LogP contribution >= 0.6 is 0 Å². The summed E-state index contributed by atoms with van der Waals surface area (Å²) < 4.78 is 0. The summed E-state index contributed by atoms with van der Waals surface area (Å²) in [5.41, 5.74) is 16.0. The van der Waals surface area contributed by atoms with Crippen LogP contribution < -0.4 is 11.5 Å². The maximum absolute atomic E-state index is 6.17. The highest BCUT2D eigenvalue weighted by Crippen LogP contribution is 2.20. The van der Waals surface area contributed by atoms with Crippen molar-refractivity contribution in [1.82, 2.24) is 9.97 Å². The number of rotatable bonds is 3. The number of aromatic nitrogens is 2. The predicted molar refractivity (Wildman–Crippen MR) is 68.3 cm³/mol. The van der Waals surface area contributed by atoms with E-state index in [4.69, 9.17) is 11.5 Å². The molecule has 0 saturated carbocycles. The Bertz CT molecular complexity index is 510. The lowest BCUT2D eigenvalue weighted by atomic mass is 9.98. The summed E-state index contributed by atoms with van der Waals surface area (Å²) in [6.07, 6.45) is 7.70. The second-order valence-corrected chi connectivity index (χ2v) is 4.12. The van der Waals surface area contributed by atoms with Gasteiger partial charge in [0.1, 0.15) is 0 Å². The smallest absolute Gasteiger partial charge is 0.0378 e. The van der Waals surface area contributed by atoms with Crippen LogP contribution in [0.2, 0.25) is 0 Å². The van der Waals surface area contributed by atoms with Crippen LogP contribution in [-0.2, 0) is 6.42 Å². The van der Waals surface area contributed by atoms with Crippen LogP contribution in [0.1, 0.15) is 22.7 Å². The second-order valence-electron chi connectivity index (χ2n) is 4.12. The van der Waals surface area contributed by atoms with E-state index in [1.165, 1.54) is 0 Å². The number of hydrogen-bond acceptors (Lipinski definition) is 4. The lowest BCUT2D eigenvalue weighted by Crippen LogP contribution is -2.16. The van der Waals surface area contributed by atoms with Gasteiger partial charge in [-0.05, 0) is 42.2 Å². The fraction of sp³-hybridized carbons (Fsp3) is 0.231. The third kappa shape index (κ3) is 2.60. The highest BCUT2D eigenvalue weighted by molar-refractivity contribution is 5.45. The van der Waals surface area contributed by atoms with E-state index in [9.17, 15) is 0 Å². The molecule has 4 nitrogen and oxygen atoms in total. The molecule has 0 aromatic carbocycles. The molecule has 0 fully saturated rings. The Balaban J connectivity index is 2.20. The topological polar surface area (TPSA) is 77.8 Å². The number of nitrogen functional groups attached to an aromatic ring is 1. The van der Waals surface area contributed by atoms with Crippen LogP contribution in [0.3, 0.4) is 0 Å². The summed E-state index contributed by atoms with van der Waals surface area (Å²) in [7, 11) is 0. The van der Waals surface area contributed by atoms with E-state index >= 15 is 0 Å². The first-order chi connectivity index (χ1) is 8.18. The van der Waals surface area contributed by atoms with E-state index in [-0.39, 0.29) is 6.04 Å². The van der Waals surface area contributed by atoms with Gasteiger partial charge in [-0.2, -0.15) is 0 Å². The summed E-state index contributed by atoms with van der Waals surface area (Å²) >= 11 is 0. The SMILES string of the molecule is Cc1ccncc1C(N)Cc1cnccc1N. The van der Waals surface area contributed by atoms with Crippen LogP contribution in [0.25, 0.3) is 0 Å². The predicted octanol–water partition coefficient (Wildman–Crippen LogP) is 1.61. The lowest BCUT2D eigenvalue weighted by Gasteiger charge is -2.14. The van der Waals surface area contributed by atoms with Gasteiger partial charge in [-0.15, -0.1) is 0 Å². The molecule has 2 aromatic heterocycles. The maximum atomic E-state index is 6.17. The van der Waals surface area contributed by atoms with Gasteiger partial charge in [0.15, 0.2) is 0 Å². The summed E-state index contributed by atoms with van der Waals surface area (Å²) in [5, 5.41) is 0. The van der Waals surface area contributed by atoms with Gasteiger partial charge in [-0.3, -0.25) is 9.97 Å². The number of hydrogen-bond donors (Lipinski definition) is 2. The van der Waals surface area contributed by atoms with Gasteiger partial charge in [0, 0.05) is 36.5 Å². The van der Waals surface area contributed by atoms with Crippen molar-refractivity contribution in [2.24, 2.45) is 5.73 Å². The minimum atomic E-state index is -0.102. The van der Waals surface area contributed by atoms with Crippen molar-refractivity contribution in [3.63, 3.8) is 0 Å². The molecule has 0 bridgehead atoms. The average molecular weight is 228 g/mol. The zero-order valence-electron chi connectivity index (χ0n) is 9.80. The Morgan fingerprint density at radius 3 is 2.59 bits per heavy atom. The molecular formula is C13H16N4. The molecular weight excluding hydrogens is 212 g/mol. The minimum absolute atomic E-state index is 0.102. The Morgan fingerprint density at radius 1 is 1.18 bits per heavy atom. The Morgan fingerprint density at radius 2 is 1.88 bits per heavy atom. The molecule has 4 heteroatoms. The molecule has 17 heavy (non-hydrogen) atoms. The summed E-state index contributed by atoms with van der Waals surface area (Å²) in [4.78, 5) is 8.17. The molecule has 0 saturated heterocycles. The van der Waals surface area contributed by atoms with Crippen LogP contribution in [0.5, 0.6) is 0 Å². The zero-order chi connectivity index (χ0) is 12.3. The monoisotopic (exact) mass is 228 g/mol. The Hall–Kier alpha value is -1.94. The van der Waals surface area contributed by atoms with Crippen molar-refractivity contribution in [1.29, 1.82) is 0 Å². The molecule has 0 aliphatic rings. The molecule has 0 radical (unpaired) electrons. The third-order valence-electron chi connectivity index (χ3n) is 2.86. The van der Waals surface area contributed by atoms with Crippen LogP contribution in [0, 0.1) is 6.92 Å². The van der Waals surface area contributed by atoms with Crippen LogP contribution in [0.4, 0.5) is 5.69 Å². The standard InChI is InChI=1S/C13H16N4/c1-9-2-4-17-8-11(9)13(15)6-10-7-16-5-3-12(10)14/h2-5,7-8,13H,6,15H2,1H3,(H2,14,16). The van der Waals surface area contributed by atoms with Crippen molar-refractivity contribution in [2.45, 2.75) is 19.4 Å². The molecule has 4 N–H and O–H groups in total. The molecule has 2 heterocycles. The maximum Gasteiger partial charge on any atom is 0.0378 e. The number of aryl methyl sites for hydroxylation is 1. The van der Waals surface area contributed by atoms with Gasteiger partial charge in [-0.1, -0.05) is 0 Å². The first-order valence-electron chi connectivity index (χ1n) is 5.53. The van der Waals surface area contributed by atoms with Crippen molar-refractivity contribution in [2.75, 3.05) is 5.73 Å². The molecule has 0 aliphatic carbocycles. The molecule has 0 amide bonds. The van der Waals surface area contributed by atoms with E-state index in [1.54, 1.807) is 24.7 Å². The normalized spacial score (nSPS) is 12.4. The number of nitrogens with two attached hydrogens (primary N) is 2. The van der Waals surface area contributed by atoms with Crippen molar-refractivity contribution >= 4 is 5.69 Å². The van der Waals surface area contributed by atoms with Crippen molar-refractivity contribution in [3.05, 3.63) is 53.6 Å². The van der Waals surface area contributed by atoms with Gasteiger partial charge in [0.05, 0.1) is 0 Å². The largest absolute Gasteiger partial charge is 0.398 e. The Kier molecular flexibility index (Phi) is 3.35. The fourth-order valence-corrected chi connectivity index (χ4v) is 1.82. The van der Waals surface area contributed by atoms with Gasteiger partial charge in [0.2, 0.25) is 0 Å². The molecule has 0 spiro atoms. The Labute approximate surface area is 101 Å². The van der Waals surface area contributed by atoms with E-state index in [2.05, 4.69) is 9.97 Å². The van der Waals surface area contributed by atoms with E-state index in [1.807, 2.05) is 19.2 Å². The first-order valence-corrected chi connectivity index (χ1v) is 5.53. The highest BCUT2D eigenvalue weighted by Gasteiger charge is 2.11. The van der Waals surface area contributed by atoms with E-state index < -0.39 is 0 Å². The summed E-state index contributed by atoms with van der Waals surface area (Å²) in [6.45, 7) is 2.03. The molecule has 1 unspecified atom stereocenters. The molecule has 0 aliphatic heterocycles. The minimum Gasteiger partial charge on any atom is -0.398 e. The van der Waals surface area contributed by atoms with Gasteiger partial charge < -0.3 is 11.5 Å². The molecule has 2 rings (SSSR count). The second kappa shape index (κ2) is 4.93. The quantitative estimate of drug-likeness (QED) is 0.836. The molecule has 1 atom stereocenters. The fourth-order valence-electron chi connectivity index (χ4n) is 1.82.